The Morgan fingerprint density at radius 2 is 2.14 bits per heavy atom. The van der Waals surface area contributed by atoms with Gasteiger partial charge in [-0.05, 0) is 37.6 Å². The van der Waals surface area contributed by atoms with Crippen molar-refractivity contribution in [3.63, 3.8) is 0 Å². The predicted octanol–water partition coefficient (Wildman–Crippen LogP) is 4.27. The van der Waals surface area contributed by atoms with Gasteiger partial charge in [-0.15, -0.1) is 0 Å². The lowest BCUT2D eigenvalue weighted by molar-refractivity contribution is 0.141. The molecule has 2 rings (SSSR count). The van der Waals surface area contributed by atoms with Crippen LogP contribution in [0, 0.1) is 6.92 Å². The number of alkyl halides is 2. The number of benzene rings is 1. The Bertz CT molecular complexity index is 611. The Hall–Kier alpha value is -1.46. The Kier molecular flexibility index (Phi) is 5.31. The fourth-order valence-electron chi connectivity index (χ4n) is 2.08. The molecule has 6 heteroatoms. The van der Waals surface area contributed by atoms with Gasteiger partial charge in [0.1, 0.15) is 5.69 Å². The van der Waals surface area contributed by atoms with Crippen LogP contribution in [0.4, 0.5) is 8.78 Å². The molecule has 3 nitrogen and oxygen atoms in total. The van der Waals surface area contributed by atoms with Crippen molar-refractivity contribution in [2.24, 2.45) is 0 Å². The molecule has 0 bridgehead atoms. The number of hydrogen-bond donors (Lipinski definition) is 1. The highest BCUT2D eigenvalue weighted by molar-refractivity contribution is 6.31. The molecule has 2 aromatic rings. The standard InChI is InChI=1S/C15H18ClF2N3/c1-3-6-19-8-11-9-20-21(14(11)15(17)18)12-5-4-10(2)13(16)7-12/h4-5,7,9,15,19H,3,6,8H2,1-2H3. The number of nitrogens with one attached hydrogen (secondary N) is 1. The van der Waals surface area contributed by atoms with Crippen LogP contribution in [-0.4, -0.2) is 16.3 Å². The van der Waals surface area contributed by atoms with Crippen molar-refractivity contribution < 1.29 is 8.78 Å². The maximum absolute atomic E-state index is 13.4. The lowest BCUT2D eigenvalue weighted by Crippen LogP contribution is -2.15. The molecule has 0 saturated heterocycles. The molecule has 0 aliphatic heterocycles. The van der Waals surface area contributed by atoms with E-state index in [-0.39, 0.29) is 5.69 Å². The first-order valence-electron chi connectivity index (χ1n) is 6.86. The zero-order chi connectivity index (χ0) is 15.4. The summed E-state index contributed by atoms with van der Waals surface area (Å²) in [5, 5.41) is 7.75. The van der Waals surface area contributed by atoms with E-state index in [0.29, 0.717) is 22.8 Å². The minimum Gasteiger partial charge on any atom is -0.313 e. The molecule has 0 unspecified atom stereocenters. The topological polar surface area (TPSA) is 29.9 Å². The Balaban J connectivity index is 2.36. The normalized spacial score (nSPS) is 11.3. The van der Waals surface area contributed by atoms with Crippen molar-refractivity contribution in [1.82, 2.24) is 15.1 Å². The SMILES string of the molecule is CCCNCc1cnn(-c2ccc(C)c(Cl)c2)c1C(F)F. The largest absolute Gasteiger partial charge is 0.313 e. The van der Waals surface area contributed by atoms with Crippen LogP contribution in [-0.2, 0) is 6.54 Å². The van der Waals surface area contributed by atoms with Gasteiger partial charge < -0.3 is 5.32 Å². The van der Waals surface area contributed by atoms with Gasteiger partial charge in [-0.3, -0.25) is 0 Å². The van der Waals surface area contributed by atoms with Crippen LogP contribution in [0.5, 0.6) is 0 Å². The van der Waals surface area contributed by atoms with E-state index in [0.717, 1.165) is 18.5 Å². The molecule has 1 N–H and O–H groups in total. The highest BCUT2D eigenvalue weighted by Crippen LogP contribution is 2.27. The molecular weight excluding hydrogens is 296 g/mol. The minimum absolute atomic E-state index is 0.0847. The van der Waals surface area contributed by atoms with E-state index in [1.54, 1.807) is 18.2 Å². The second-order valence-corrected chi connectivity index (χ2v) is 5.29. The van der Waals surface area contributed by atoms with Gasteiger partial charge >= 0.3 is 0 Å². The van der Waals surface area contributed by atoms with Gasteiger partial charge in [-0.25, -0.2) is 13.5 Å². The zero-order valence-electron chi connectivity index (χ0n) is 12.0. The Morgan fingerprint density at radius 3 is 2.76 bits per heavy atom. The first-order valence-corrected chi connectivity index (χ1v) is 7.24. The van der Waals surface area contributed by atoms with Crippen molar-refractivity contribution in [2.45, 2.75) is 33.2 Å². The third kappa shape index (κ3) is 3.60. The molecule has 0 amide bonds. The summed E-state index contributed by atoms with van der Waals surface area (Å²) >= 11 is 6.06. The summed E-state index contributed by atoms with van der Waals surface area (Å²) in [7, 11) is 0. The quantitative estimate of drug-likeness (QED) is 0.807. The molecule has 0 saturated carbocycles. The van der Waals surface area contributed by atoms with Gasteiger partial charge in [-0.1, -0.05) is 24.6 Å². The smallest absolute Gasteiger partial charge is 0.280 e. The highest BCUT2D eigenvalue weighted by atomic mass is 35.5. The molecular formula is C15H18ClF2N3. The van der Waals surface area contributed by atoms with Crippen LogP contribution in [0.25, 0.3) is 5.69 Å². The fraction of sp³-hybridized carbons (Fsp3) is 0.400. The maximum atomic E-state index is 13.4. The van der Waals surface area contributed by atoms with Gasteiger partial charge in [0, 0.05) is 17.1 Å². The number of rotatable bonds is 6. The van der Waals surface area contributed by atoms with E-state index in [9.17, 15) is 8.78 Å². The summed E-state index contributed by atoms with van der Waals surface area (Å²) in [5.41, 5.74) is 1.87. The lowest BCUT2D eigenvalue weighted by Gasteiger charge is -2.10. The van der Waals surface area contributed by atoms with Gasteiger partial charge in [0.15, 0.2) is 0 Å². The van der Waals surface area contributed by atoms with E-state index >= 15 is 0 Å². The van der Waals surface area contributed by atoms with E-state index in [1.165, 1.54) is 10.9 Å². The van der Waals surface area contributed by atoms with Crippen molar-refractivity contribution in [3.05, 3.63) is 46.2 Å². The second kappa shape index (κ2) is 7.00. The molecule has 1 aromatic carbocycles. The summed E-state index contributed by atoms with van der Waals surface area (Å²) in [6.07, 6.45) is -0.158. The van der Waals surface area contributed by atoms with E-state index in [1.807, 2.05) is 13.8 Å². The Labute approximate surface area is 127 Å². The molecule has 0 aliphatic rings. The fourth-order valence-corrected chi connectivity index (χ4v) is 2.25. The summed E-state index contributed by atoms with van der Waals surface area (Å²) in [5.74, 6) is 0. The summed E-state index contributed by atoms with van der Waals surface area (Å²) in [6, 6.07) is 5.19. The minimum atomic E-state index is -2.59. The molecule has 0 fully saturated rings. The van der Waals surface area contributed by atoms with Crippen molar-refractivity contribution in [2.75, 3.05) is 6.54 Å². The number of nitrogens with zero attached hydrogens (tertiary/aromatic N) is 2. The average Bonchev–Trinajstić information content (AvgIpc) is 2.86. The molecule has 0 atom stereocenters. The van der Waals surface area contributed by atoms with Gasteiger partial charge in [0.25, 0.3) is 6.43 Å². The molecule has 0 aliphatic carbocycles. The molecule has 0 spiro atoms. The molecule has 1 heterocycles. The first kappa shape index (κ1) is 15.9. The van der Waals surface area contributed by atoms with Crippen LogP contribution < -0.4 is 5.32 Å². The van der Waals surface area contributed by atoms with Crippen LogP contribution >= 0.6 is 11.6 Å². The highest BCUT2D eigenvalue weighted by Gasteiger charge is 2.21. The van der Waals surface area contributed by atoms with Crippen LogP contribution in [0.2, 0.25) is 5.02 Å². The number of halogens is 3. The van der Waals surface area contributed by atoms with Crippen LogP contribution in [0.15, 0.2) is 24.4 Å². The maximum Gasteiger partial charge on any atom is 0.280 e. The van der Waals surface area contributed by atoms with E-state index in [4.69, 9.17) is 11.6 Å². The van der Waals surface area contributed by atoms with Gasteiger partial charge in [0.05, 0.1) is 11.9 Å². The number of hydrogen-bond acceptors (Lipinski definition) is 2. The van der Waals surface area contributed by atoms with Crippen molar-refractivity contribution in [3.8, 4) is 5.69 Å². The average molecular weight is 314 g/mol. The Morgan fingerprint density at radius 1 is 1.38 bits per heavy atom. The predicted molar refractivity (Wildman–Crippen MR) is 80.3 cm³/mol. The second-order valence-electron chi connectivity index (χ2n) is 4.88. The van der Waals surface area contributed by atoms with Crippen molar-refractivity contribution in [1.29, 1.82) is 0 Å². The first-order chi connectivity index (χ1) is 10.0. The number of aromatic nitrogens is 2. The van der Waals surface area contributed by atoms with E-state index < -0.39 is 6.43 Å². The molecule has 0 radical (unpaired) electrons. The van der Waals surface area contributed by atoms with Crippen LogP contribution in [0.1, 0.15) is 36.6 Å². The number of aryl methyl sites for hydroxylation is 1. The summed E-state index contributed by atoms with van der Waals surface area (Å²) in [6.45, 7) is 5.05. The van der Waals surface area contributed by atoms with Crippen LogP contribution in [0.3, 0.4) is 0 Å². The summed E-state index contributed by atoms with van der Waals surface area (Å²) in [4.78, 5) is 0. The lowest BCUT2D eigenvalue weighted by atomic mass is 10.2. The van der Waals surface area contributed by atoms with E-state index in [2.05, 4.69) is 10.4 Å². The monoisotopic (exact) mass is 313 g/mol. The van der Waals surface area contributed by atoms with Gasteiger partial charge in [-0.2, -0.15) is 5.10 Å². The molecule has 1 aromatic heterocycles. The zero-order valence-corrected chi connectivity index (χ0v) is 12.8. The summed E-state index contributed by atoms with van der Waals surface area (Å²) < 4.78 is 28.0. The molecule has 114 valence electrons. The third-order valence-electron chi connectivity index (χ3n) is 3.24. The van der Waals surface area contributed by atoms with Gasteiger partial charge in [0.2, 0.25) is 0 Å². The van der Waals surface area contributed by atoms with Crippen molar-refractivity contribution >= 4 is 11.6 Å². The third-order valence-corrected chi connectivity index (χ3v) is 3.64. The molecule has 21 heavy (non-hydrogen) atoms.